The molecule has 0 atom stereocenters. The Hall–Kier alpha value is -3.90. The number of methoxy groups -OCH3 is 1. The molecule has 0 aliphatic carbocycles. The zero-order chi connectivity index (χ0) is 22.5. The number of amides is 1. The molecule has 4 rings (SSSR count). The van der Waals surface area contributed by atoms with Crippen LogP contribution < -0.4 is 5.43 Å². The summed E-state index contributed by atoms with van der Waals surface area (Å²) in [4.78, 5) is 24.1. The number of hydrogen-bond donors (Lipinski definition) is 1. The summed E-state index contributed by atoms with van der Waals surface area (Å²) < 4.78 is 6.89. The van der Waals surface area contributed by atoms with Gasteiger partial charge in [0.15, 0.2) is 0 Å². The first-order valence-electron chi connectivity index (χ1n) is 9.89. The number of benzene rings is 3. The van der Waals surface area contributed by atoms with Crippen LogP contribution in [0, 0.1) is 0 Å². The first-order chi connectivity index (χ1) is 15.5. The van der Waals surface area contributed by atoms with Crippen molar-refractivity contribution >= 4 is 40.6 Å². The number of carbonyl (C=O) groups is 2. The van der Waals surface area contributed by atoms with E-state index in [4.69, 9.17) is 16.3 Å². The molecule has 1 N–H and O–H groups in total. The smallest absolute Gasteiger partial charge is 0.337 e. The number of nitrogens with one attached hydrogen (secondary N) is 1. The number of fused-ring (bicyclic) bond motifs is 1. The fourth-order valence-corrected chi connectivity index (χ4v) is 3.67. The lowest BCUT2D eigenvalue weighted by Gasteiger charge is -2.07. The summed E-state index contributed by atoms with van der Waals surface area (Å²) in [5.74, 6) is -0.709. The largest absolute Gasteiger partial charge is 0.465 e. The molecular formula is C25H20ClN3O3. The maximum absolute atomic E-state index is 12.3. The predicted molar refractivity (Wildman–Crippen MR) is 125 cm³/mol. The summed E-state index contributed by atoms with van der Waals surface area (Å²) in [6.07, 6.45) is 3.58. The molecule has 160 valence electrons. The van der Waals surface area contributed by atoms with Crippen molar-refractivity contribution in [3.8, 4) is 0 Å². The summed E-state index contributed by atoms with van der Waals surface area (Å²) in [5.41, 5.74) is 6.31. The van der Waals surface area contributed by atoms with Crippen molar-refractivity contribution < 1.29 is 14.3 Å². The van der Waals surface area contributed by atoms with Gasteiger partial charge in [-0.15, -0.1) is 0 Å². The normalized spacial score (nSPS) is 11.1. The van der Waals surface area contributed by atoms with E-state index in [2.05, 4.69) is 15.1 Å². The number of hydrogen-bond acceptors (Lipinski definition) is 4. The van der Waals surface area contributed by atoms with E-state index in [1.807, 2.05) is 48.7 Å². The van der Waals surface area contributed by atoms with E-state index < -0.39 is 0 Å². The van der Waals surface area contributed by atoms with Crippen molar-refractivity contribution in [1.29, 1.82) is 0 Å². The van der Waals surface area contributed by atoms with Crippen LogP contribution >= 0.6 is 11.6 Å². The van der Waals surface area contributed by atoms with E-state index in [1.165, 1.54) is 7.11 Å². The van der Waals surface area contributed by atoms with Crippen molar-refractivity contribution in [2.24, 2.45) is 5.10 Å². The average Bonchev–Trinajstić information content (AvgIpc) is 3.16. The molecule has 1 heterocycles. The van der Waals surface area contributed by atoms with Gasteiger partial charge < -0.3 is 9.30 Å². The number of nitrogens with zero attached hydrogens (tertiary/aromatic N) is 2. The maximum atomic E-state index is 12.3. The topological polar surface area (TPSA) is 72.7 Å². The molecule has 0 aliphatic rings. The summed E-state index contributed by atoms with van der Waals surface area (Å²) in [5, 5.41) is 5.61. The van der Waals surface area contributed by atoms with E-state index in [9.17, 15) is 9.59 Å². The highest BCUT2D eigenvalue weighted by atomic mass is 35.5. The molecular weight excluding hydrogens is 426 g/mol. The van der Waals surface area contributed by atoms with Gasteiger partial charge >= 0.3 is 5.97 Å². The van der Waals surface area contributed by atoms with E-state index >= 15 is 0 Å². The molecule has 7 heteroatoms. The molecule has 0 fully saturated rings. The lowest BCUT2D eigenvalue weighted by Crippen LogP contribution is -2.17. The Kier molecular flexibility index (Phi) is 6.33. The van der Waals surface area contributed by atoms with Crippen molar-refractivity contribution in [3.63, 3.8) is 0 Å². The van der Waals surface area contributed by atoms with Crippen LogP contribution in [0.5, 0.6) is 0 Å². The van der Waals surface area contributed by atoms with Gasteiger partial charge in [-0.05, 0) is 42.0 Å². The Morgan fingerprint density at radius 2 is 1.81 bits per heavy atom. The number of para-hydroxylation sites is 1. The molecule has 32 heavy (non-hydrogen) atoms. The minimum atomic E-state index is -0.368. The number of esters is 1. The van der Waals surface area contributed by atoms with Gasteiger partial charge in [0.1, 0.15) is 0 Å². The summed E-state index contributed by atoms with van der Waals surface area (Å²) in [7, 11) is 1.37. The molecule has 6 nitrogen and oxygen atoms in total. The van der Waals surface area contributed by atoms with Gasteiger partial charge in [-0.25, -0.2) is 10.2 Å². The second-order valence-electron chi connectivity index (χ2n) is 7.13. The third-order valence-electron chi connectivity index (χ3n) is 4.98. The van der Waals surface area contributed by atoms with E-state index in [0.717, 1.165) is 22.0 Å². The van der Waals surface area contributed by atoms with Gasteiger partial charge in [0, 0.05) is 39.8 Å². The van der Waals surface area contributed by atoms with Crippen molar-refractivity contribution in [2.45, 2.75) is 6.54 Å². The predicted octanol–water partition coefficient (Wildman–Crippen LogP) is 4.89. The van der Waals surface area contributed by atoms with Crippen molar-refractivity contribution in [1.82, 2.24) is 9.99 Å². The molecule has 4 aromatic rings. The molecule has 3 aromatic carbocycles. The van der Waals surface area contributed by atoms with Gasteiger partial charge in [0.25, 0.3) is 5.91 Å². The number of halogens is 1. The van der Waals surface area contributed by atoms with Crippen molar-refractivity contribution in [2.75, 3.05) is 7.11 Å². The molecule has 0 spiro atoms. The Morgan fingerprint density at radius 1 is 1.03 bits per heavy atom. The Balaban J connectivity index is 1.57. The van der Waals surface area contributed by atoms with Crippen LogP contribution in [0.25, 0.3) is 10.9 Å². The number of ether oxygens (including phenoxy) is 1. The molecule has 1 amide bonds. The van der Waals surface area contributed by atoms with E-state index in [-0.39, 0.29) is 11.9 Å². The Morgan fingerprint density at radius 3 is 2.62 bits per heavy atom. The average molecular weight is 446 g/mol. The third-order valence-corrected chi connectivity index (χ3v) is 5.21. The highest BCUT2D eigenvalue weighted by Gasteiger charge is 2.10. The van der Waals surface area contributed by atoms with Crippen LogP contribution in [-0.2, 0) is 11.3 Å². The first kappa shape index (κ1) is 21.3. The first-order valence-corrected chi connectivity index (χ1v) is 10.3. The second-order valence-corrected chi connectivity index (χ2v) is 7.57. The number of rotatable bonds is 6. The number of hydrazone groups is 1. The fraction of sp³-hybridized carbons (Fsp3) is 0.0800. The SMILES string of the molecule is COC(=O)c1cccc(Cn2cc(/C=N\NC(=O)c3cccc(Cl)c3)c3ccccc32)c1. The van der Waals surface area contributed by atoms with E-state index in [0.29, 0.717) is 22.7 Å². The monoisotopic (exact) mass is 445 g/mol. The van der Waals surface area contributed by atoms with Crippen LogP contribution in [0.15, 0.2) is 84.1 Å². The number of carbonyl (C=O) groups excluding carboxylic acids is 2. The maximum Gasteiger partial charge on any atom is 0.337 e. The van der Waals surface area contributed by atoms with E-state index in [1.54, 1.807) is 36.5 Å². The Bertz CT molecular complexity index is 1330. The fourth-order valence-electron chi connectivity index (χ4n) is 3.47. The molecule has 0 saturated heterocycles. The van der Waals surface area contributed by atoms with Gasteiger partial charge in [-0.1, -0.05) is 48.0 Å². The molecule has 0 aliphatic heterocycles. The quantitative estimate of drug-likeness (QED) is 0.261. The molecule has 0 unspecified atom stereocenters. The van der Waals surface area contributed by atoms with Gasteiger partial charge in [0.05, 0.1) is 18.9 Å². The Labute approximate surface area is 190 Å². The lowest BCUT2D eigenvalue weighted by molar-refractivity contribution is 0.0600. The highest BCUT2D eigenvalue weighted by Crippen LogP contribution is 2.22. The minimum absolute atomic E-state index is 0.341. The summed E-state index contributed by atoms with van der Waals surface area (Å²) >= 11 is 5.94. The van der Waals surface area contributed by atoms with Crippen LogP contribution in [-0.4, -0.2) is 29.8 Å². The van der Waals surface area contributed by atoms with Crippen LogP contribution in [0.1, 0.15) is 31.8 Å². The molecule has 0 bridgehead atoms. The van der Waals surface area contributed by atoms with Crippen LogP contribution in [0.4, 0.5) is 0 Å². The van der Waals surface area contributed by atoms with Crippen LogP contribution in [0.2, 0.25) is 5.02 Å². The zero-order valence-corrected chi connectivity index (χ0v) is 18.0. The zero-order valence-electron chi connectivity index (χ0n) is 17.3. The number of aromatic nitrogens is 1. The molecule has 1 aromatic heterocycles. The third kappa shape index (κ3) is 4.71. The van der Waals surface area contributed by atoms with Gasteiger partial charge in [-0.3, -0.25) is 4.79 Å². The summed E-state index contributed by atoms with van der Waals surface area (Å²) in [6.45, 7) is 0.564. The molecule has 0 radical (unpaired) electrons. The van der Waals surface area contributed by atoms with Crippen molar-refractivity contribution in [3.05, 3.63) is 106 Å². The highest BCUT2D eigenvalue weighted by molar-refractivity contribution is 6.31. The lowest BCUT2D eigenvalue weighted by atomic mass is 10.1. The second kappa shape index (κ2) is 9.49. The minimum Gasteiger partial charge on any atom is -0.465 e. The van der Waals surface area contributed by atoms with Gasteiger partial charge in [0.2, 0.25) is 0 Å². The standard InChI is InChI=1S/C25H20ClN3O3/c1-32-25(31)19-8-4-6-17(12-19)15-29-16-20(22-10-2-3-11-23(22)29)14-27-28-24(30)18-7-5-9-21(26)13-18/h2-14,16H,15H2,1H3,(H,28,30)/b27-14-. The van der Waals surface area contributed by atoms with Gasteiger partial charge in [-0.2, -0.15) is 5.10 Å². The molecule has 0 saturated carbocycles. The van der Waals surface area contributed by atoms with Crippen LogP contribution in [0.3, 0.4) is 0 Å². The summed E-state index contributed by atoms with van der Waals surface area (Å²) in [6, 6.07) is 21.9.